The predicted molar refractivity (Wildman–Crippen MR) is 109 cm³/mol. The van der Waals surface area contributed by atoms with Crippen LogP contribution >= 0.6 is 11.3 Å². The molecule has 1 amide bonds. The van der Waals surface area contributed by atoms with Crippen molar-refractivity contribution in [1.82, 2.24) is 4.57 Å². The first-order valence-corrected chi connectivity index (χ1v) is 9.66. The Morgan fingerprint density at radius 3 is 2.54 bits per heavy atom. The number of nitrogens with one attached hydrogen (secondary N) is 1. The van der Waals surface area contributed by atoms with Gasteiger partial charge in [-0.25, -0.2) is 4.79 Å². The molecule has 3 rings (SSSR count). The predicted octanol–water partition coefficient (Wildman–Crippen LogP) is 4.02. The van der Waals surface area contributed by atoms with Gasteiger partial charge >= 0.3 is 5.97 Å². The van der Waals surface area contributed by atoms with E-state index in [-0.39, 0.29) is 6.61 Å². The number of carbonyl (C=O) groups excluding carboxylic acids is 2. The first-order chi connectivity index (χ1) is 13.5. The van der Waals surface area contributed by atoms with Gasteiger partial charge < -0.3 is 19.4 Å². The molecule has 0 aliphatic carbocycles. The third-order valence-corrected chi connectivity index (χ3v) is 5.26. The van der Waals surface area contributed by atoms with Gasteiger partial charge in [0, 0.05) is 22.0 Å². The fourth-order valence-electron chi connectivity index (χ4n) is 2.89. The molecule has 6 nitrogen and oxygen atoms in total. The van der Waals surface area contributed by atoms with E-state index in [1.807, 2.05) is 25.3 Å². The van der Waals surface area contributed by atoms with Crippen LogP contribution in [0.3, 0.4) is 0 Å². The number of nitrogens with zero attached hydrogens (tertiary/aromatic N) is 1. The van der Waals surface area contributed by atoms with E-state index in [0.29, 0.717) is 23.5 Å². The topological polar surface area (TPSA) is 69.6 Å². The van der Waals surface area contributed by atoms with Crippen LogP contribution in [-0.4, -0.2) is 30.2 Å². The van der Waals surface area contributed by atoms with Gasteiger partial charge in [0.1, 0.15) is 5.75 Å². The van der Waals surface area contributed by atoms with Crippen LogP contribution in [0.1, 0.15) is 26.6 Å². The lowest BCUT2D eigenvalue weighted by Gasteiger charge is -2.09. The zero-order chi connectivity index (χ0) is 20.1. The number of anilines is 1. The third-order valence-electron chi connectivity index (χ3n) is 4.40. The summed E-state index contributed by atoms with van der Waals surface area (Å²) in [6, 6.07) is 12.8. The van der Waals surface area contributed by atoms with Crippen molar-refractivity contribution in [3.63, 3.8) is 0 Å². The van der Waals surface area contributed by atoms with Crippen LogP contribution in [0.2, 0.25) is 0 Å². The summed E-state index contributed by atoms with van der Waals surface area (Å²) in [5.41, 5.74) is 2.88. The van der Waals surface area contributed by atoms with E-state index in [0.717, 1.165) is 11.4 Å². The minimum Gasteiger partial charge on any atom is -0.497 e. The van der Waals surface area contributed by atoms with E-state index >= 15 is 0 Å². The van der Waals surface area contributed by atoms with Crippen LogP contribution in [-0.2, 0) is 16.1 Å². The number of aryl methyl sites for hydroxylation is 1. The van der Waals surface area contributed by atoms with Gasteiger partial charge in [-0.05, 0) is 55.6 Å². The van der Waals surface area contributed by atoms with E-state index in [1.54, 1.807) is 48.8 Å². The average Bonchev–Trinajstić information content (AvgIpc) is 3.30. The number of carbonyl (C=O) groups is 2. The molecule has 1 N–H and O–H groups in total. The van der Waals surface area contributed by atoms with Crippen LogP contribution in [0.5, 0.6) is 5.75 Å². The summed E-state index contributed by atoms with van der Waals surface area (Å²) >= 11 is 1.67. The molecule has 0 atom stereocenters. The Hall–Kier alpha value is -3.06. The van der Waals surface area contributed by atoms with Crippen molar-refractivity contribution in [3.8, 4) is 5.75 Å². The number of thiophene rings is 1. The summed E-state index contributed by atoms with van der Waals surface area (Å²) in [4.78, 5) is 25.7. The molecule has 0 saturated carbocycles. The molecule has 1 aromatic carbocycles. The van der Waals surface area contributed by atoms with E-state index < -0.39 is 11.9 Å². The van der Waals surface area contributed by atoms with Crippen molar-refractivity contribution in [1.29, 1.82) is 0 Å². The molecule has 0 saturated heterocycles. The molecule has 2 aromatic heterocycles. The maximum Gasteiger partial charge on any atom is 0.340 e. The monoisotopic (exact) mass is 398 g/mol. The number of hydrogen-bond donors (Lipinski definition) is 1. The van der Waals surface area contributed by atoms with Crippen LogP contribution in [0.4, 0.5) is 5.69 Å². The zero-order valence-corrected chi connectivity index (χ0v) is 16.8. The lowest BCUT2D eigenvalue weighted by atomic mass is 10.2. The number of esters is 1. The van der Waals surface area contributed by atoms with Gasteiger partial charge in [-0.15, -0.1) is 11.3 Å². The highest BCUT2D eigenvalue weighted by Crippen LogP contribution is 2.20. The number of hydrogen-bond acceptors (Lipinski definition) is 5. The van der Waals surface area contributed by atoms with Gasteiger partial charge in [0.2, 0.25) is 0 Å². The van der Waals surface area contributed by atoms with E-state index in [4.69, 9.17) is 9.47 Å². The fourth-order valence-corrected chi connectivity index (χ4v) is 3.58. The minimum absolute atomic E-state index is 0.348. The smallest absolute Gasteiger partial charge is 0.340 e. The van der Waals surface area contributed by atoms with Crippen molar-refractivity contribution in [2.45, 2.75) is 20.4 Å². The molecule has 7 heteroatoms. The normalized spacial score (nSPS) is 10.5. The second kappa shape index (κ2) is 8.75. The third kappa shape index (κ3) is 4.61. The van der Waals surface area contributed by atoms with Crippen molar-refractivity contribution < 1.29 is 19.1 Å². The highest BCUT2D eigenvalue weighted by molar-refractivity contribution is 7.09. The van der Waals surface area contributed by atoms with E-state index in [2.05, 4.69) is 16.0 Å². The summed E-state index contributed by atoms with van der Waals surface area (Å²) in [6.07, 6.45) is 0. The summed E-state index contributed by atoms with van der Waals surface area (Å²) in [7, 11) is 1.57. The van der Waals surface area contributed by atoms with Crippen LogP contribution in [0.15, 0.2) is 47.8 Å². The fraction of sp³-hybridized carbons (Fsp3) is 0.238. The molecule has 0 spiro atoms. The van der Waals surface area contributed by atoms with E-state index in [1.165, 1.54) is 4.88 Å². The number of amides is 1. The molecular weight excluding hydrogens is 376 g/mol. The zero-order valence-electron chi connectivity index (χ0n) is 16.0. The summed E-state index contributed by atoms with van der Waals surface area (Å²) < 4.78 is 12.3. The maximum atomic E-state index is 12.4. The van der Waals surface area contributed by atoms with Gasteiger partial charge in [-0.2, -0.15) is 0 Å². The summed E-state index contributed by atoms with van der Waals surface area (Å²) in [5, 5.41) is 4.71. The van der Waals surface area contributed by atoms with Crippen LogP contribution < -0.4 is 10.1 Å². The number of rotatable bonds is 7. The molecular formula is C21H22N2O4S. The lowest BCUT2D eigenvalue weighted by Crippen LogP contribution is -2.21. The minimum atomic E-state index is -0.504. The van der Waals surface area contributed by atoms with Gasteiger partial charge in [0.15, 0.2) is 6.61 Å². The molecule has 0 fully saturated rings. The van der Waals surface area contributed by atoms with Gasteiger partial charge in [0.25, 0.3) is 5.91 Å². The quantitative estimate of drug-likeness (QED) is 0.611. The molecule has 3 aromatic rings. The van der Waals surface area contributed by atoms with Crippen molar-refractivity contribution in [2.75, 3.05) is 19.0 Å². The van der Waals surface area contributed by atoms with Crippen molar-refractivity contribution >= 4 is 28.9 Å². The molecule has 0 unspecified atom stereocenters. The molecule has 0 aliphatic heterocycles. The Bertz CT molecular complexity index is 959. The Labute approximate surface area is 167 Å². The molecule has 0 aliphatic rings. The first kappa shape index (κ1) is 19.7. The van der Waals surface area contributed by atoms with Crippen LogP contribution in [0, 0.1) is 13.8 Å². The SMILES string of the molecule is COc1ccc(NC(=O)COC(=O)c2cc(C)n(Cc3cccs3)c2C)cc1. The number of aromatic nitrogens is 1. The number of benzene rings is 1. The lowest BCUT2D eigenvalue weighted by molar-refractivity contribution is -0.119. The molecule has 146 valence electrons. The van der Waals surface area contributed by atoms with Gasteiger partial charge in [-0.3, -0.25) is 4.79 Å². The highest BCUT2D eigenvalue weighted by Gasteiger charge is 2.18. The average molecular weight is 398 g/mol. The molecule has 28 heavy (non-hydrogen) atoms. The highest BCUT2D eigenvalue weighted by atomic mass is 32.1. The largest absolute Gasteiger partial charge is 0.497 e. The molecule has 2 heterocycles. The van der Waals surface area contributed by atoms with Crippen molar-refractivity contribution in [3.05, 3.63) is 69.7 Å². The molecule has 0 radical (unpaired) electrons. The number of ether oxygens (including phenoxy) is 2. The van der Waals surface area contributed by atoms with Crippen molar-refractivity contribution in [2.24, 2.45) is 0 Å². The van der Waals surface area contributed by atoms with Gasteiger partial charge in [-0.1, -0.05) is 6.07 Å². The van der Waals surface area contributed by atoms with E-state index in [9.17, 15) is 9.59 Å². The first-order valence-electron chi connectivity index (χ1n) is 8.78. The standard InChI is InChI=1S/C21H22N2O4S/c1-14-11-19(15(2)23(14)12-18-5-4-10-28-18)21(25)27-13-20(24)22-16-6-8-17(26-3)9-7-16/h4-11H,12-13H2,1-3H3,(H,22,24). The Balaban J connectivity index is 1.59. The second-order valence-corrected chi connectivity index (χ2v) is 7.34. The maximum absolute atomic E-state index is 12.4. The Morgan fingerprint density at radius 1 is 1.14 bits per heavy atom. The summed E-state index contributed by atoms with van der Waals surface area (Å²) in [5.74, 6) is -0.205. The summed E-state index contributed by atoms with van der Waals surface area (Å²) in [6.45, 7) is 4.20. The molecule has 0 bridgehead atoms. The number of methoxy groups -OCH3 is 1. The van der Waals surface area contributed by atoms with Gasteiger partial charge in [0.05, 0.1) is 19.2 Å². The Kier molecular flexibility index (Phi) is 6.16. The van der Waals surface area contributed by atoms with Crippen LogP contribution in [0.25, 0.3) is 0 Å². The second-order valence-electron chi connectivity index (χ2n) is 6.30. The Morgan fingerprint density at radius 2 is 1.89 bits per heavy atom.